The van der Waals surface area contributed by atoms with Crippen molar-refractivity contribution in [3.8, 4) is 23.0 Å². The van der Waals surface area contributed by atoms with Crippen LogP contribution in [-0.2, 0) is 22.6 Å². The lowest BCUT2D eigenvalue weighted by atomic mass is 9.81. The lowest BCUT2D eigenvalue weighted by Gasteiger charge is -2.46. The molecule has 1 aliphatic heterocycles. The number of aromatic nitrogens is 1. The molecule has 0 saturated carbocycles. The van der Waals surface area contributed by atoms with Crippen LogP contribution in [0, 0.1) is 5.41 Å². The minimum Gasteiger partial charge on any atom is -0.497 e. The Bertz CT molecular complexity index is 2070. The SMILES string of the molecule is CC.COc1ccc(CN(Cc2ccc(OC)cc2)c2nccc(N(C=O)C3CN(C(=O)OC(C)(C)C)CC(C)(C)C3)c2N(C)c2ccc(Oc3ccccc3)cc2)cc1. The van der Waals surface area contributed by atoms with Gasteiger partial charge >= 0.3 is 6.09 Å². The molecule has 1 aliphatic rings. The maximum Gasteiger partial charge on any atom is 0.410 e. The van der Waals surface area contributed by atoms with Gasteiger partial charge in [0.2, 0.25) is 6.41 Å². The first-order valence-corrected chi connectivity index (χ1v) is 20.5. The molecule has 0 spiro atoms. The number of para-hydroxylation sites is 1. The highest BCUT2D eigenvalue weighted by Crippen LogP contribution is 2.44. The van der Waals surface area contributed by atoms with Crippen LogP contribution in [0.2, 0.25) is 0 Å². The van der Waals surface area contributed by atoms with E-state index in [2.05, 4.69) is 23.6 Å². The highest BCUT2D eigenvalue weighted by Gasteiger charge is 2.40. The van der Waals surface area contributed by atoms with Gasteiger partial charge in [-0.15, -0.1) is 0 Å². The average molecular weight is 816 g/mol. The highest BCUT2D eigenvalue weighted by atomic mass is 16.6. The van der Waals surface area contributed by atoms with Gasteiger partial charge in [0.15, 0.2) is 5.82 Å². The lowest BCUT2D eigenvalue weighted by molar-refractivity contribution is -0.108. The molecule has 2 amide bonds. The van der Waals surface area contributed by atoms with Gasteiger partial charge in [0.1, 0.15) is 34.3 Å². The Balaban J connectivity index is 0.00000336. The number of hydrogen-bond acceptors (Lipinski definition) is 9. The molecule has 4 aromatic carbocycles. The van der Waals surface area contributed by atoms with Crippen molar-refractivity contribution in [3.05, 3.63) is 127 Å². The maximum atomic E-state index is 13.5. The van der Waals surface area contributed by atoms with Crippen molar-refractivity contribution in [3.63, 3.8) is 0 Å². The van der Waals surface area contributed by atoms with Crippen molar-refractivity contribution < 1.29 is 28.5 Å². The molecule has 60 heavy (non-hydrogen) atoms. The molecule has 11 heteroatoms. The first-order chi connectivity index (χ1) is 28.8. The van der Waals surface area contributed by atoms with E-state index in [0.717, 1.165) is 46.2 Å². The van der Waals surface area contributed by atoms with Crippen LogP contribution in [0.3, 0.4) is 0 Å². The van der Waals surface area contributed by atoms with E-state index in [4.69, 9.17) is 23.9 Å². The van der Waals surface area contributed by atoms with E-state index in [9.17, 15) is 9.59 Å². The number of likely N-dealkylation sites (tertiary alicyclic amines) is 1. The third-order valence-electron chi connectivity index (χ3n) is 10.1. The Labute approximate surface area is 356 Å². The number of anilines is 4. The molecular formula is C49H61N5O6. The molecule has 1 unspecified atom stereocenters. The Kier molecular flexibility index (Phi) is 15.1. The Morgan fingerprint density at radius 2 is 1.33 bits per heavy atom. The second-order valence-corrected chi connectivity index (χ2v) is 16.4. The zero-order valence-electron chi connectivity index (χ0n) is 36.8. The molecule has 1 fully saturated rings. The summed E-state index contributed by atoms with van der Waals surface area (Å²) in [6.07, 6.45) is 2.90. The standard InChI is InChI=1S/C47H55N5O6.C2H6/c1-46(2,3)58-45(54)51-31-37(28-47(4,5)32-51)52(33-53)42-26-27-48-44(43(42)49(6)36-18-24-41(25-19-36)57-40-12-10-9-11-13-40)50(29-34-14-20-38(55-7)21-15-34)30-35-16-22-39(56-8)23-17-35;1-2/h9-27,33,37H,28-32H2,1-8H3;1-2H3. The van der Waals surface area contributed by atoms with Gasteiger partial charge in [0.25, 0.3) is 0 Å². The van der Waals surface area contributed by atoms with E-state index in [1.165, 1.54) is 0 Å². The topological polar surface area (TPSA) is 96.9 Å². The van der Waals surface area contributed by atoms with E-state index in [0.29, 0.717) is 49.9 Å². The minimum absolute atomic E-state index is 0.299. The predicted octanol–water partition coefficient (Wildman–Crippen LogP) is 10.9. The molecule has 1 saturated heterocycles. The summed E-state index contributed by atoms with van der Waals surface area (Å²) in [6.45, 7) is 15.6. The predicted molar refractivity (Wildman–Crippen MR) is 241 cm³/mol. The number of carbonyl (C=O) groups is 2. The number of hydrogen-bond donors (Lipinski definition) is 0. The number of piperidine rings is 1. The molecule has 2 heterocycles. The van der Waals surface area contributed by atoms with Crippen LogP contribution in [0.15, 0.2) is 115 Å². The van der Waals surface area contributed by atoms with Crippen LogP contribution >= 0.6 is 0 Å². The van der Waals surface area contributed by atoms with Gasteiger partial charge in [-0.1, -0.05) is 70.2 Å². The van der Waals surface area contributed by atoms with E-state index in [-0.39, 0.29) is 11.5 Å². The molecule has 0 N–H and O–H groups in total. The molecule has 6 rings (SSSR count). The van der Waals surface area contributed by atoms with E-state index in [1.54, 1.807) is 30.2 Å². The number of rotatable bonds is 14. The molecule has 318 valence electrons. The third kappa shape index (κ3) is 11.7. The third-order valence-corrected chi connectivity index (χ3v) is 10.1. The van der Waals surface area contributed by atoms with Gasteiger partial charge in [-0.3, -0.25) is 4.79 Å². The maximum absolute atomic E-state index is 13.5. The average Bonchev–Trinajstić information content (AvgIpc) is 3.24. The number of nitrogens with zero attached hydrogens (tertiary/aromatic N) is 5. The summed E-state index contributed by atoms with van der Waals surface area (Å²) in [5.41, 5.74) is 3.38. The summed E-state index contributed by atoms with van der Waals surface area (Å²) < 4.78 is 22.9. The molecule has 0 bridgehead atoms. The molecule has 11 nitrogen and oxygen atoms in total. The first-order valence-electron chi connectivity index (χ1n) is 20.5. The number of pyridine rings is 1. The number of amides is 2. The van der Waals surface area contributed by atoms with Gasteiger partial charge in [-0.25, -0.2) is 9.78 Å². The summed E-state index contributed by atoms with van der Waals surface area (Å²) in [5.74, 6) is 3.64. The lowest BCUT2D eigenvalue weighted by Crippen LogP contribution is -2.56. The van der Waals surface area contributed by atoms with Crippen LogP contribution < -0.4 is 28.9 Å². The van der Waals surface area contributed by atoms with Crippen molar-refractivity contribution in [1.82, 2.24) is 9.88 Å². The fourth-order valence-electron chi connectivity index (χ4n) is 7.39. The van der Waals surface area contributed by atoms with Crippen molar-refractivity contribution in [2.75, 3.05) is 49.1 Å². The number of ether oxygens (including phenoxy) is 4. The first kappa shape index (κ1) is 44.9. The molecule has 1 aromatic heterocycles. The zero-order chi connectivity index (χ0) is 43.5. The van der Waals surface area contributed by atoms with Crippen molar-refractivity contribution in [2.45, 2.75) is 79.6 Å². The number of methoxy groups -OCH3 is 2. The molecule has 0 radical (unpaired) electrons. The second kappa shape index (κ2) is 20.2. The van der Waals surface area contributed by atoms with E-state index in [1.807, 2.05) is 151 Å². The van der Waals surface area contributed by atoms with Gasteiger partial charge in [-0.05, 0) is 110 Å². The van der Waals surface area contributed by atoms with Crippen LogP contribution in [0.4, 0.5) is 27.7 Å². The van der Waals surface area contributed by atoms with Crippen molar-refractivity contribution in [1.29, 1.82) is 0 Å². The smallest absolute Gasteiger partial charge is 0.410 e. The monoisotopic (exact) mass is 815 g/mol. The van der Waals surface area contributed by atoms with E-state index >= 15 is 0 Å². The fourth-order valence-corrected chi connectivity index (χ4v) is 7.39. The Morgan fingerprint density at radius 3 is 1.85 bits per heavy atom. The zero-order valence-corrected chi connectivity index (χ0v) is 36.8. The number of benzene rings is 4. The summed E-state index contributed by atoms with van der Waals surface area (Å²) in [6, 6.07) is 35.0. The van der Waals surface area contributed by atoms with Crippen LogP contribution in [-0.4, -0.2) is 68.4 Å². The molecule has 0 aliphatic carbocycles. The second-order valence-electron chi connectivity index (χ2n) is 16.4. The molecular weight excluding hydrogens is 755 g/mol. The quantitative estimate of drug-likeness (QED) is 0.101. The Morgan fingerprint density at radius 1 is 0.800 bits per heavy atom. The summed E-state index contributed by atoms with van der Waals surface area (Å²) in [4.78, 5) is 39.9. The largest absolute Gasteiger partial charge is 0.497 e. The summed E-state index contributed by atoms with van der Waals surface area (Å²) in [5, 5.41) is 0. The van der Waals surface area contributed by atoms with Gasteiger partial charge < -0.3 is 38.5 Å². The minimum atomic E-state index is -0.659. The molecule has 1 atom stereocenters. The fraction of sp³-hybridized carbons (Fsp3) is 0.367. The Hall–Kier alpha value is -6.23. The van der Waals surface area contributed by atoms with Gasteiger partial charge in [-0.2, -0.15) is 0 Å². The van der Waals surface area contributed by atoms with Crippen LogP contribution in [0.5, 0.6) is 23.0 Å². The highest BCUT2D eigenvalue weighted by molar-refractivity contribution is 5.92. The summed E-state index contributed by atoms with van der Waals surface area (Å²) in [7, 11) is 5.29. The van der Waals surface area contributed by atoms with Crippen molar-refractivity contribution in [2.24, 2.45) is 5.41 Å². The van der Waals surface area contributed by atoms with Gasteiger partial charge in [0, 0.05) is 45.1 Å². The van der Waals surface area contributed by atoms with E-state index < -0.39 is 11.7 Å². The normalized spacial score (nSPS) is 14.5. The number of carbonyl (C=O) groups excluding carboxylic acids is 2. The molecule has 5 aromatic rings. The van der Waals surface area contributed by atoms with Gasteiger partial charge in [0.05, 0.1) is 25.9 Å². The van der Waals surface area contributed by atoms with Crippen LogP contribution in [0.25, 0.3) is 0 Å². The van der Waals surface area contributed by atoms with Crippen molar-refractivity contribution >= 4 is 35.4 Å². The summed E-state index contributed by atoms with van der Waals surface area (Å²) >= 11 is 0. The van der Waals surface area contributed by atoms with Crippen LogP contribution in [0.1, 0.15) is 66.0 Å².